The highest BCUT2D eigenvalue weighted by molar-refractivity contribution is 5.88. The second-order valence-corrected chi connectivity index (χ2v) is 8.16. The molecular weight excluding hydrogens is 416 g/mol. The molecule has 0 radical (unpaired) electrons. The summed E-state index contributed by atoms with van der Waals surface area (Å²) >= 11 is 0. The number of benzene rings is 1. The number of amides is 1. The number of carbonyl (C=O) groups excluding carboxylic acids is 2. The Labute approximate surface area is 188 Å². The Balaban J connectivity index is 1.65. The molecule has 1 aromatic rings. The molecule has 3 rings (SSSR count). The molecule has 2 fully saturated rings. The molecule has 2 saturated heterocycles. The molecule has 1 unspecified atom stereocenters. The average Bonchev–Trinajstić information content (AvgIpc) is 3.24. The second-order valence-electron chi connectivity index (χ2n) is 8.16. The molecule has 1 aromatic carbocycles. The predicted octanol–water partition coefficient (Wildman–Crippen LogP) is 1.35. The van der Waals surface area contributed by atoms with Gasteiger partial charge in [0, 0.05) is 19.4 Å². The number of likely N-dealkylation sites (tertiary alicyclic amines) is 1. The Morgan fingerprint density at radius 2 is 1.94 bits per heavy atom. The van der Waals surface area contributed by atoms with Gasteiger partial charge in [-0.15, -0.1) is 0 Å². The lowest BCUT2D eigenvalue weighted by atomic mass is 9.95. The summed E-state index contributed by atoms with van der Waals surface area (Å²) in [5.74, 6) is -2.84. The number of hydrogen-bond donors (Lipinski definition) is 2. The SMILES string of the molecule is CCOC(=O)C(CCc1ccccc1)N[C@@H](C)C(=O)N1CCC2(C[C@H]1C(=O)O)OCCO2. The molecule has 9 nitrogen and oxygen atoms in total. The standard InChI is InChI=1S/C23H32N2O7/c1-3-30-22(29)18(10-9-17-7-5-4-6-8-17)24-16(2)20(26)25-12-11-23(31-13-14-32-23)15-19(25)21(27)28/h4-8,16,18-19,24H,3,9-15H2,1-2H3,(H,27,28)/t16-,18?,19-/m0/s1. The number of ether oxygens (including phenoxy) is 3. The molecule has 176 valence electrons. The van der Waals surface area contributed by atoms with Crippen molar-refractivity contribution in [3.8, 4) is 0 Å². The minimum atomic E-state index is -1.10. The molecule has 2 N–H and O–H groups in total. The van der Waals surface area contributed by atoms with E-state index in [9.17, 15) is 19.5 Å². The minimum Gasteiger partial charge on any atom is -0.480 e. The molecule has 0 saturated carbocycles. The highest BCUT2D eigenvalue weighted by atomic mass is 16.7. The zero-order valence-corrected chi connectivity index (χ0v) is 18.6. The number of esters is 1. The van der Waals surface area contributed by atoms with Crippen LogP contribution in [-0.2, 0) is 35.0 Å². The van der Waals surface area contributed by atoms with Crippen LogP contribution in [0.5, 0.6) is 0 Å². The Bertz CT molecular complexity index is 795. The van der Waals surface area contributed by atoms with E-state index in [1.54, 1.807) is 13.8 Å². The van der Waals surface area contributed by atoms with Gasteiger partial charge in [-0.1, -0.05) is 30.3 Å². The maximum absolute atomic E-state index is 13.2. The number of aryl methyl sites for hydroxylation is 1. The van der Waals surface area contributed by atoms with Crippen molar-refractivity contribution in [2.24, 2.45) is 0 Å². The molecule has 0 aromatic heterocycles. The second kappa shape index (κ2) is 10.9. The lowest BCUT2D eigenvalue weighted by molar-refractivity contribution is -0.204. The van der Waals surface area contributed by atoms with Crippen LogP contribution in [0.15, 0.2) is 30.3 Å². The molecule has 2 heterocycles. The van der Waals surface area contributed by atoms with Crippen molar-refractivity contribution < 1.29 is 33.7 Å². The number of piperidine rings is 1. The van der Waals surface area contributed by atoms with Crippen LogP contribution < -0.4 is 5.32 Å². The van der Waals surface area contributed by atoms with E-state index in [-0.39, 0.29) is 25.5 Å². The molecule has 0 aliphatic carbocycles. The van der Waals surface area contributed by atoms with Gasteiger partial charge in [-0.3, -0.25) is 14.9 Å². The van der Waals surface area contributed by atoms with Crippen molar-refractivity contribution in [1.82, 2.24) is 10.2 Å². The summed E-state index contributed by atoms with van der Waals surface area (Å²) in [5, 5.41) is 12.8. The molecule has 0 bridgehead atoms. The number of nitrogens with zero attached hydrogens (tertiary/aromatic N) is 1. The van der Waals surface area contributed by atoms with Gasteiger partial charge in [-0.25, -0.2) is 4.79 Å². The number of aliphatic carboxylic acids is 1. The summed E-state index contributed by atoms with van der Waals surface area (Å²) < 4.78 is 16.5. The number of rotatable bonds is 9. The molecule has 3 atom stereocenters. The van der Waals surface area contributed by atoms with Gasteiger partial charge in [0.1, 0.15) is 12.1 Å². The maximum atomic E-state index is 13.2. The number of hydrogen-bond acceptors (Lipinski definition) is 7. The summed E-state index contributed by atoms with van der Waals surface area (Å²) in [4.78, 5) is 38.9. The monoisotopic (exact) mass is 448 g/mol. The van der Waals surface area contributed by atoms with Gasteiger partial charge in [-0.05, 0) is 32.3 Å². The number of carboxylic acid groups (broad SMARTS) is 1. The smallest absolute Gasteiger partial charge is 0.326 e. The van der Waals surface area contributed by atoms with Crippen LogP contribution in [0.25, 0.3) is 0 Å². The van der Waals surface area contributed by atoms with E-state index in [2.05, 4.69) is 5.32 Å². The van der Waals surface area contributed by atoms with Crippen LogP contribution in [-0.4, -0.2) is 78.1 Å². The lowest BCUT2D eigenvalue weighted by Crippen LogP contribution is -2.60. The third-order valence-corrected chi connectivity index (χ3v) is 5.95. The third-order valence-electron chi connectivity index (χ3n) is 5.95. The van der Waals surface area contributed by atoms with Crippen molar-refractivity contribution in [2.45, 2.75) is 63.4 Å². The first-order chi connectivity index (χ1) is 15.3. The predicted molar refractivity (Wildman–Crippen MR) is 115 cm³/mol. The van der Waals surface area contributed by atoms with Gasteiger partial charge >= 0.3 is 11.9 Å². The Hall–Kier alpha value is -2.49. The highest BCUT2D eigenvalue weighted by Gasteiger charge is 2.48. The van der Waals surface area contributed by atoms with Gasteiger partial charge in [0.05, 0.1) is 25.9 Å². The third kappa shape index (κ3) is 5.85. The summed E-state index contributed by atoms with van der Waals surface area (Å²) in [6.07, 6.45) is 1.57. The Morgan fingerprint density at radius 1 is 1.25 bits per heavy atom. The Morgan fingerprint density at radius 3 is 2.56 bits per heavy atom. The van der Waals surface area contributed by atoms with Gasteiger partial charge in [0.15, 0.2) is 5.79 Å². The zero-order chi connectivity index (χ0) is 23.1. The quantitative estimate of drug-likeness (QED) is 0.544. The van der Waals surface area contributed by atoms with Crippen LogP contribution in [0.1, 0.15) is 38.7 Å². The number of carbonyl (C=O) groups is 3. The van der Waals surface area contributed by atoms with Crippen molar-refractivity contribution in [1.29, 1.82) is 0 Å². The topological polar surface area (TPSA) is 114 Å². The van der Waals surface area contributed by atoms with Gasteiger partial charge in [0.25, 0.3) is 0 Å². The van der Waals surface area contributed by atoms with Crippen molar-refractivity contribution in [3.63, 3.8) is 0 Å². The molecule has 32 heavy (non-hydrogen) atoms. The first-order valence-electron chi connectivity index (χ1n) is 11.1. The van der Waals surface area contributed by atoms with Gasteiger partial charge in [0.2, 0.25) is 5.91 Å². The van der Waals surface area contributed by atoms with Crippen LogP contribution >= 0.6 is 0 Å². The molecule has 2 aliphatic rings. The minimum absolute atomic E-state index is 0.0795. The van der Waals surface area contributed by atoms with E-state index < -0.39 is 35.9 Å². The molecule has 2 aliphatic heterocycles. The molecule has 9 heteroatoms. The molecule has 1 amide bonds. The van der Waals surface area contributed by atoms with Crippen molar-refractivity contribution >= 4 is 17.8 Å². The fourth-order valence-electron chi connectivity index (χ4n) is 4.29. The molecular formula is C23H32N2O7. The summed E-state index contributed by atoms with van der Waals surface area (Å²) in [7, 11) is 0. The summed E-state index contributed by atoms with van der Waals surface area (Å²) in [6.45, 7) is 4.65. The summed E-state index contributed by atoms with van der Waals surface area (Å²) in [6, 6.07) is 7.24. The number of nitrogens with one attached hydrogen (secondary N) is 1. The van der Waals surface area contributed by atoms with Crippen LogP contribution in [0.4, 0.5) is 0 Å². The fourth-order valence-corrected chi connectivity index (χ4v) is 4.29. The van der Waals surface area contributed by atoms with E-state index in [1.807, 2.05) is 30.3 Å². The van der Waals surface area contributed by atoms with E-state index in [0.29, 0.717) is 32.5 Å². The van der Waals surface area contributed by atoms with Crippen LogP contribution in [0.2, 0.25) is 0 Å². The van der Waals surface area contributed by atoms with E-state index >= 15 is 0 Å². The van der Waals surface area contributed by atoms with E-state index in [1.165, 1.54) is 4.90 Å². The Kier molecular flexibility index (Phi) is 8.22. The van der Waals surface area contributed by atoms with E-state index in [0.717, 1.165) is 5.56 Å². The maximum Gasteiger partial charge on any atom is 0.326 e. The van der Waals surface area contributed by atoms with Gasteiger partial charge in [-0.2, -0.15) is 0 Å². The van der Waals surface area contributed by atoms with Gasteiger partial charge < -0.3 is 24.2 Å². The fraction of sp³-hybridized carbons (Fsp3) is 0.609. The average molecular weight is 449 g/mol. The first kappa shape index (κ1) is 24.2. The summed E-state index contributed by atoms with van der Waals surface area (Å²) in [5.41, 5.74) is 1.08. The first-order valence-corrected chi connectivity index (χ1v) is 11.1. The van der Waals surface area contributed by atoms with Crippen LogP contribution in [0, 0.1) is 0 Å². The zero-order valence-electron chi connectivity index (χ0n) is 18.6. The van der Waals surface area contributed by atoms with E-state index in [4.69, 9.17) is 14.2 Å². The van der Waals surface area contributed by atoms with Crippen LogP contribution in [0.3, 0.4) is 0 Å². The number of carboxylic acids is 1. The van der Waals surface area contributed by atoms with Crippen molar-refractivity contribution in [2.75, 3.05) is 26.4 Å². The van der Waals surface area contributed by atoms with Crippen molar-refractivity contribution in [3.05, 3.63) is 35.9 Å². The highest BCUT2D eigenvalue weighted by Crippen LogP contribution is 2.35. The molecule has 1 spiro atoms. The largest absolute Gasteiger partial charge is 0.480 e. The normalized spacial score (nSPS) is 21.8. The lowest BCUT2D eigenvalue weighted by Gasteiger charge is -2.42.